The Labute approximate surface area is 167 Å². The summed E-state index contributed by atoms with van der Waals surface area (Å²) in [5.41, 5.74) is 0.632. The van der Waals surface area contributed by atoms with Crippen LogP contribution in [0, 0.1) is 5.92 Å². The predicted octanol–water partition coefficient (Wildman–Crippen LogP) is 0.957. The Kier molecular flexibility index (Phi) is 7.28. The second kappa shape index (κ2) is 9.89. The standard InChI is InChI=1S/C21H32N4O3/c1-16-15-18(7-8-22-16)21(27)25-13-11-24(12-14-25)10-9-23-20(26)17-3-5-19(28-2)6-4-17/h3-6,16,18,22H,7-15H2,1-2H3,(H,23,26)/t16-,18-/m0/s1. The summed E-state index contributed by atoms with van der Waals surface area (Å²) in [5.74, 6) is 1.16. The fourth-order valence-electron chi connectivity index (χ4n) is 3.98. The molecule has 0 aliphatic carbocycles. The molecule has 154 valence electrons. The average Bonchev–Trinajstić information content (AvgIpc) is 2.73. The summed E-state index contributed by atoms with van der Waals surface area (Å²) in [7, 11) is 1.61. The van der Waals surface area contributed by atoms with Crippen molar-refractivity contribution < 1.29 is 14.3 Å². The number of piperidine rings is 1. The fraction of sp³-hybridized carbons (Fsp3) is 0.619. The first-order chi connectivity index (χ1) is 13.6. The van der Waals surface area contributed by atoms with Crippen LogP contribution in [0.3, 0.4) is 0 Å². The maximum atomic E-state index is 12.7. The number of hydrogen-bond donors (Lipinski definition) is 2. The second-order valence-electron chi connectivity index (χ2n) is 7.73. The van der Waals surface area contributed by atoms with E-state index < -0.39 is 0 Å². The van der Waals surface area contributed by atoms with Gasteiger partial charge in [-0.25, -0.2) is 0 Å². The Morgan fingerprint density at radius 3 is 2.54 bits per heavy atom. The number of carbonyl (C=O) groups excluding carboxylic acids is 2. The zero-order chi connectivity index (χ0) is 19.9. The highest BCUT2D eigenvalue weighted by Crippen LogP contribution is 2.19. The summed E-state index contributed by atoms with van der Waals surface area (Å²) in [6, 6.07) is 7.53. The molecule has 2 fully saturated rings. The smallest absolute Gasteiger partial charge is 0.251 e. The Morgan fingerprint density at radius 2 is 1.89 bits per heavy atom. The lowest BCUT2D eigenvalue weighted by Gasteiger charge is -2.38. The largest absolute Gasteiger partial charge is 0.497 e. The van der Waals surface area contributed by atoms with Crippen LogP contribution in [0.5, 0.6) is 5.75 Å². The van der Waals surface area contributed by atoms with Gasteiger partial charge in [-0.1, -0.05) is 0 Å². The van der Waals surface area contributed by atoms with Gasteiger partial charge in [0.2, 0.25) is 5.91 Å². The van der Waals surface area contributed by atoms with Gasteiger partial charge in [-0.2, -0.15) is 0 Å². The molecule has 28 heavy (non-hydrogen) atoms. The molecule has 2 amide bonds. The van der Waals surface area contributed by atoms with Crippen LogP contribution in [-0.2, 0) is 4.79 Å². The van der Waals surface area contributed by atoms with Gasteiger partial charge in [-0.15, -0.1) is 0 Å². The van der Waals surface area contributed by atoms with Crippen molar-refractivity contribution in [3.8, 4) is 5.75 Å². The first-order valence-corrected chi connectivity index (χ1v) is 10.2. The molecule has 2 aliphatic heterocycles. The topological polar surface area (TPSA) is 73.9 Å². The monoisotopic (exact) mass is 388 g/mol. The van der Waals surface area contributed by atoms with Gasteiger partial charge >= 0.3 is 0 Å². The van der Waals surface area contributed by atoms with Crippen LogP contribution >= 0.6 is 0 Å². The Bertz CT molecular complexity index is 656. The predicted molar refractivity (Wildman–Crippen MR) is 109 cm³/mol. The van der Waals surface area contributed by atoms with Crippen molar-refractivity contribution in [1.82, 2.24) is 20.4 Å². The van der Waals surface area contributed by atoms with E-state index in [-0.39, 0.29) is 11.8 Å². The molecule has 1 aromatic rings. The van der Waals surface area contributed by atoms with Crippen molar-refractivity contribution in [2.75, 3.05) is 52.9 Å². The van der Waals surface area contributed by atoms with Gasteiger partial charge in [-0.05, 0) is 50.6 Å². The minimum Gasteiger partial charge on any atom is -0.497 e. The minimum atomic E-state index is -0.0727. The molecule has 3 rings (SSSR count). The molecule has 0 saturated carbocycles. The summed E-state index contributed by atoms with van der Waals surface area (Å²) in [4.78, 5) is 29.3. The molecule has 0 radical (unpaired) electrons. The molecule has 2 atom stereocenters. The lowest BCUT2D eigenvalue weighted by atomic mass is 9.92. The zero-order valence-electron chi connectivity index (χ0n) is 16.9. The summed E-state index contributed by atoms with van der Waals surface area (Å²) in [6.45, 7) is 7.78. The minimum absolute atomic E-state index is 0.0727. The van der Waals surface area contributed by atoms with E-state index in [1.165, 1.54) is 0 Å². The average molecular weight is 389 g/mol. The highest BCUT2D eigenvalue weighted by molar-refractivity contribution is 5.94. The molecule has 2 N–H and O–H groups in total. The number of carbonyl (C=O) groups is 2. The summed E-state index contributed by atoms with van der Waals surface area (Å²) >= 11 is 0. The van der Waals surface area contributed by atoms with Crippen molar-refractivity contribution in [3.05, 3.63) is 29.8 Å². The van der Waals surface area contributed by atoms with Crippen molar-refractivity contribution >= 4 is 11.8 Å². The number of ether oxygens (including phenoxy) is 1. The van der Waals surface area contributed by atoms with Crippen LogP contribution in [0.1, 0.15) is 30.1 Å². The van der Waals surface area contributed by atoms with Gasteiger partial charge in [-0.3, -0.25) is 14.5 Å². The lowest BCUT2D eigenvalue weighted by Crippen LogP contribution is -2.53. The molecule has 0 unspecified atom stereocenters. The van der Waals surface area contributed by atoms with E-state index in [0.717, 1.165) is 57.9 Å². The fourth-order valence-corrected chi connectivity index (χ4v) is 3.98. The number of piperazine rings is 1. The molecule has 7 nitrogen and oxygen atoms in total. The van der Waals surface area contributed by atoms with E-state index in [2.05, 4.69) is 22.5 Å². The van der Waals surface area contributed by atoms with Gasteiger partial charge in [0.25, 0.3) is 5.91 Å². The third kappa shape index (κ3) is 5.45. The maximum absolute atomic E-state index is 12.7. The molecule has 1 aromatic carbocycles. The lowest BCUT2D eigenvalue weighted by molar-refractivity contribution is -0.138. The van der Waals surface area contributed by atoms with Gasteiger partial charge < -0.3 is 20.3 Å². The molecular weight excluding hydrogens is 356 g/mol. The second-order valence-corrected chi connectivity index (χ2v) is 7.73. The van der Waals surface area contributed by atoms with Crippen molar-refractivity contribution in [3.63, 3.8) is 0 Å². The van der Waals surface area contributed by atoms with E-state index in [0.29, 0.717) is 24.1 Å². The highest BCUT2D eigenvalue weighted by atomic mass is 16.5. The van der Waals surface area contributed by atoms with Gasteiger partial charge in [0.05, 0.1) is 7.11 Å². The first-order valence-electron chi connectivity index (χ1n) is 10.2. The molecule has 2 aliphatic rings. The normalized spacial score (nSPS) is 23.3. The summed E-state index contributed by atoms with van der Waals surface area (Å²) < 4.78 is 5.11. The van der Waals surface area contributed by atoms with Crippen molar-refractivity contribution in [2.24, 2.45) is 5.92 Å². The summed E-state index contributed by atoms with van der Waals surface area (Å²) in [6.07, 6.45) is 1.89. The molecule has 2 heterocycles. The SMILES string of the molecule is COc1ccc(C(=O)NCCN2CCN(C(=O)[C@H]3CCN[C@@H](C)C3)CC2)cc1. The van der Waals surface area contributed by atoms with Crippen molar-refractivity contribution in [2.45, 2.75) is 25.8 Å². The molecule has 0 spiro atoms. The van der Waals surface area contributed by atoms with Crippen LogP contribution in [-0.4, -0.2) is 80.6 Å². The number of methoxy groups -OCH3 is 1. The molecule has 7 heteroatoms. The van der Waals surface area contributed by atoms with Crippen LogP contribution in [0.4, 0.5) is 0 Å². The van der Waals surface area contributed by atoms with E-state index in [1.807, 2.05) is 4.90 Å². The van der Waals surface area contributed by atoms with E-state index in [9.17, 15) is 9.59 Å². The van der Waals surface area contributed by atoms with E-state index >= 15 is 0 Å². The highest BCUT2D eigenvalue weighted by Gasteiger charge is 2.30. The molecular formula is C21H32N4O3. The quantitative estimate of drug-likeness (QED) is 0.759. The third-order valence-corrected chi connectivity index (χ3v) is 5.72. The molecule has 2 saturated heterocycles. The van der Waals surface area contributed by atoms with Gasteiger partial charge in [0.1, 0.15) is 5.75 Å². The number of nitrogens with zero attached hydrogens (tertiary/aromatic N) is 2. The summed E-state index contributed by atoms with van der Waals surface area (Å²) in [5, 5.41) is 6.37. The van der Waals surface area contributed by atoms with Crippen molar-refractivity contribution in [1.29, 1.82) is 0 Å². The molecule has 0 aromatic heterocycles. The van der Waals surface area contributed by atoms with Crippen LogP contribution in [0.2, 0.25) is 0 Å². The Balaban J connectivity index is 1.36. The number of rotatable bonds is 6. The first kappa shape index (κ1) is 20.6. The number of hydrogen-bond acceptors (Lipinski definition) is 5. The van der Waals surface area contributed by atoms with Crippen LogP contribution in [0.25, 0.3) is 0 Å². The van der Waals surface area contributed by atoms with Gasteiger partial charge in [0.15, 0.2) is 0 Å². The van der Waals surface area contributed by atoms with Crippen LogP contribution in [0.15, 0.2) is 24.3 Å². The van der Waals surface area contributed by atoms with Crippen LogP contribution < -0.4 is 15.4 Å². The molecule has 0 bridgehead atoms. The zero-order valence-corrected chi connectivity index (χ0v) is 16.9. The number of amides is 2. The van der Waals surface area contributed by atoms with E-state index in [1.54, 1.807) is 31.4 Å². The Morgan fingerprint density at radius 1 is 1.18 bits per heavy atom. The third-order valence-electron chi connectivity index (χ3n) is 5.72. The Hall–Kier alpha value is -2.12. The number of benzene rings is 1. The van der Waals surface area contributed by atoms with Gasteiger partial charge in [0, 0.05) is 56.8 Å². The van der Waals surface area contributed by atoms with E-state index in [4.69, 9.17) is 4.74 Å². The maximum Gasteiger partial charge on any atom is 0.251 e. The number of nitrogens with one attached hydrogen (secondary N) is 2.